The number of hydrogen-bond acceptors (Lipinski definition) is 2. The van der Waals surface area contributed by atoms with Gasteiger partial charge in [-0.3, -0.25) is 0 Å². The Morgan fingerprint density at radius 3 is 2.69 bits per heavy atom. The highest BCUT2D eigenvalue weighted by atomic mass is 79.9. The van der Waals surface area contributed by atoms with Crippen molar-refractivity contribution in [2.75, 3.05) is 12.3 Å². The summed E-state index contributed by atoms with van der Waals surface area (Å²) in [5, 5.41) is 0. The predicted molar refractivity (Wildman–Crippen MR) is 72.3 cm³/mol. The van der Waals surface area contributed by atoms with Crippen LogP contribution >= 0.6 is 15.9 Å². The first-order valence-corrected chi connectivity index (χ1v) is 6.50. The lowest BCUT2D eigenvalue weighted by Crippen LogP contribution is -1.98. The Hall–Kier alpha value is -0.540. The molecule has 1 aromatic rings. The van der Waals surface area contributed by atoms with Gasteiger partial charge in [-0.2, -0.15) is 0 Å². The summed E-state index contributed by atoms with van der Waals surface area (Å²) in [5.41, 5.74) is 7.64. The van der Waals surface area contributed by atoms with Gasteiger partial charge in [-0.15, -0.1) is 0 Å². The fourth-order valence-electron chi connectivity index (χ4n) is 1.54. The lowest BCUT2D eigenvalue weighted by Gasteiger charge is -2.07. The van der Waals surface area contributed by atoms with Crippen molar-refractivity contribution in [3.63, 3.8) is 0 Å². The van der Waals surface area contributed by atoms with E-state index in [1.54, 1.807) is 0 Å². The monoisotopic (exact) mass is 285 g/mol. The summed E-state index contributed by atoms with van der Waals surface area (Å²) in [5.74, 6) is 0.755. The Bertz CT molecular complexity index is 305. The van der Waals surface area contributed by atoms with E-state index in [0.717, 1.165) is 34.7 Å². The quantitative estimate of drug-likeness (QED) is 0.634. The molecule has 0 aromatic heterocycles. The van der Waals surface area contributed by atoms with Crippen LogP contribution in [-0.4, -0.2) is 6.61 Å². The summed E-state index contributed by atoms with van der Waals surface area (Å²) in [6.45, 7) is 5.93. The number of ether oxygens (including phenoxy) is 1. The minimum atomic E-state index is 0.641. The molecule has 1 aromatic carbocycles. The van der Waals surface area contributed by atoms with Gasteiger partial charge in [-0.05, 0) is 42.5 Å². The molecule has 0 aliphatic rings. The molecule has 0 spiro atoms. The van der Waals surface area contributed by atoms with Crippen LogP contribution in [0.25, 0.3) is 0 Å². The van der Waals surface area contributed by atoms with E-state index < -0.39 is 0 Å². The number of halogens is 1. The van der Waals surface area contributed by atoms with Crippen molar-refractivity contribution < 1.29 is 4.74 Å². The molecule has 0 atom stereocenters. The van der Waals surface area contributed by atoms with Gasteiger partial charge in [0, 0.05) is 16.8 Å². The molecule has 0 saturated carbocycles. The SMILES string of the molecule is CC(C)CCCOCc1cc(N)cc(Br)c1. The third kappa shape index (κ3) is 5.52. The van der Waals surface area contributed by atoms with Gasteiger partial charge in [-0.1, -0.05) is 29.8 Å². The third-order valence-corrected chi connectivity index (χ3v) is 2.78. The number of nitrogens with two attached hydrogens (primary N) is 1. The molecular weight excluding hydrogens is 266 g/mol. The van der Waals surface area contributed by atoms with Crippen LogP contribution in [0.3, 0.4) is 0 Å². The molecule has 0 radical (unpaired) electrons. The van der Waals surface area contributed by atoms with Crippen LogP contribution in [0.1, 0.15) is 32.3 Å². The van der Waals surface area contributed by atoms with Crippen molar-refractivity contribution in [2.45, 2.75) is 33.3 Å². The summed E-state index contributed by atoms with van der Waals surface area (Å²) in [6.07, 6.45) is 2.35. The maximum atomic E-state index is 5.74. The molecule has 0 saturated heterocycles. The first-order chi connectivity index (χ1) is 7.58. The lowest BCUT2D eigenvalue weighted by molar-refractivity contribution is 0.115. The first-order valence-electron chi connectivity index (χ1n) is 5.70. The molecule has 0 aliphatic heterocycles. The van der Waals surface area contributed by atoms with E-state index in [2.05, 4.69) is 29.8 Å². The molecule has 0 heterocycles. The number of hydrogen-bond donors (Lipinski definition) is 1. The maximum absolute atomic E-state index is 5.74. The summed E-state index contributed by atoms with van der Waals surface area (Å²) >= 11 is 3.42. The Morgan fingerprint density at radius 2 is 2.06 bits per heavy atom. The van der Waals surface area contributed by atoms with Crippen molar-refractivity contribution in [3.05, 3.63) is 28.2 Å². The smallest absolute Gasteiger partial charge is 0.0718 e. The molecule has 0 aliphatic carbocycles. The van der Waals surface area contributed by atoms with Crippen LogP contribution < -0.4 is 5.73 Å². The fourth-order valence-corrected chi connectivity index (χ4v) is 2.10. The van der Waals surface area contributed by atoms with Crippen molar-refractivity contribution in [1.82, 2.24) is 0 Å². The summed E-state index contributed by atoms with van der Waals surface area (Å²) in [4.78, 5) is 0. The molecule has 0 amide bonds. The standard InChI is InChI=1S/C13H20BrNO/c1-10(2)4-3-5-16-9-11-6-12(14)8-13(15)7-11/h6-8,10H,3-5,9,15H2,1-2H3. The molecule has 3 heteroatoms. The molecule has 0 fully saturated rings. The molecule has 2 nitrogen and oxygen atoms in total. The molecule has 0 bridgehead atoms. The third-order valence-electron chi connectivity index (χ3n) is 2.32. The highest BCUT2D eigenvalue weighted by Gasteiger charge is 1.98. The summed E-state index contributed by atoms with van der Waals surface area (Å²) < 4.78 is 6.61. The van der Waals surface area contributed by atoms with Gasteiger partial charge in [0.1, 0.15) is 0 Å². The molecule has 1 rings (SSSR count). The Labute approximate surface area is 106 Å². The molecule has 2 N–H and O–H groups in total. The Kier molecular flexibility index (Phi) is 5.85. The average Bonchev–Trinajstić information content (AvgIpc) is 2.15. The second kappa shape index (κ2) is 6.92. The van der Waals surface area contributed by atoms with Crippen molar-refractivity contribution in [3.8, 4) is 0 Å². The van der Waals surface area contributed by atoms with E-state index >= 15 is 0 Å². The molecular formula is C13H20BrNO. The Balaban J connectivity index is 2.26. The van der Waals surface area contributed by atoms with E-state index in [-0.39, 0.29) is 0 Å². The van der Waals surface area contributed by atoms with Gasteiger partial charge in [0.25, 0.3) is 0 Å². The Morgan fingerprint density at radius 1 is 1.31 bits per heavy atom. The summed E-state index contributed by atoms with van der Waals surface area (Å²) in [7, 11) is 0. The van der Waals surface area contributed by atoms with Crippen molar-refractivity contribution in [1.29, 1.82) is 0 Å². The number of nitrogen functional groups attached to an aromatic ring is 1. The van der Waals surface area contributed by atoms with Gasteiger partial charge in [0.15, 0.2) is 0 Å². The number of anilines is 1. The van der Waals surface area contributed by atoms with E-state index in [1.165, 1.54) is 6.42 Å². The fraction of sp³-hybridized carbons (Fsp3) is 0.538. The minimum Gasteiger partial charge on any atom is -0.399 e. The zero-order valence-corrected chi connectivity index (χ0v) is 11.6. The van der Waals surface area contributed by atoms with Gasteiger partial charge >= 0.3 is 0 Å². The molecule has 16 heavy (non-hydrogen) atoms. The van der Waals surface area contributed by atoms with E-state index in [9.17, 15) is 0 Å². The first kappa shape index (κ1) is 13.5. The minimum absolute atomic E-state index is 0.641. The maximum Gasteiger partial charge on any atom is 0.0718 e. The van der Waals surface area contributed by atoms with Crippen molar-refractivity contribution in [2.24, 2.45) is 5.92 Å². The number of rotatable bonds is 6. The number of benzene rings is 1. The van der Waals surface area contributed by atoms with Crippen LogP contribution in [0.5, 0.6) is 0 Å². The second-order valence-electron chi connectivity index (χ2n) is 4.48. The zero-order chi connectivity index (χ0) is 12.0. The average molecular weight is 286 g/mol. The van der Waals surface area contributed by atoms with Crippen LogP contribution in [0, 0.1) is 5.92 Å². The molecule has 0 unspecified atom stereocenters. The summed E-state index contributed by atoms with van der Waals surface area (Å²) in [6, 6.07) is 5.88. The van der Waals surface area contributed by atoms with Gasteiger partial charge < -0.3 is 10.5 Å². The predicted octanol–water partition coefficient (Wildman–Crippen LogP) is 3.98. The van der Waals surface area contributed by atoms with Crippen LogP contribution in [0.15, 0.2) is 22.7 Å². The van der Waals surface area contributed by atoms with Crippen LogP contribution in [0.4, 0.5) is 5.69 Å². The van der Waals surface area contributed by atoms with Crippen molar-refractivity contribution >= 4 is 21.6 Å². The zero-order valence-electron chi connectivity index (χ0n) is 10.0. The van der Waals surface area contributed by atoms with Crippen LogP contribution in [-0.2, 0) is 11.3 Å². The largest absolute Gasteiger partial charge is 0.399 e. The van der Waals surface area contributed by atoms with Gasteiger partial charge in [0.05, 0.1) is 6.61 Å². The highest BCUT2D eigenvalue weighted by molar-refractivity contribution is 9.10. The van der Waals surface area contributed by atoms with E-state index in [0.29, 0.717) is 6.61 Å². The molecule has 90 valence electrons. The van der Waals surface area contributed by atoms with E-state index in [1.807, 2.05) is 18.2 Å². The van der Waals surface area contributed by atoms with E-state index in [4.69, 9.17) is 10.5 Å². The lowest BCUT2D eigenvalue weighted by atomic mass is 10.1. The highest BCUT2D eigenvalue weighted by Crippen LogP contribution is 2.18. The van der Waals surface area contributed by atoms with Gasteiger partial charge in [-0.25, -0.2) is 0 Å². The topological polar surface area (TPSA) is 35.2 Å². The second-order valence-corrected chi connectivity index (χ2v) is 5.40. The van der Waals surface area contributed by atoms with Gasteiger partial charge in [0.2, 0.25) is 0 Å². The van der Waals surface area contributed by atoms with Crippen LogP contribution in [0.2, 0.25) is 0 Å². The normalized spacial score (nSPS) is 11.0.